The van der Waals surface area contributed by atoms with E-state index in [-0.39, 0.29) is 18.1 Å². The molecule has 0 spiro atoms. The number of halogens is 4. The van der Waals surface area contributed by atoms with Crippen LogP contribution >= 0.6 is 27.5 Å². The van der Waals surface area contributed by atoms with Crippen LogP contribution in [0.15, 0.2) is 16.6 Å². The summed E-state index contributed by atoms with van der Waals surface area (Å²) >= 11 is 8.30. The largest absolute Gasteiger partial charge is 0.390 e. The van der Waals surface area contributed by atoms with Crippen molar-refractivity contribution in [2.24, 2.45) is 0 Å². The van der Waals surface area contributed by atoms with E-state index in [1.165, 1.54) is 0 Å². The summed E-state index contributed by atoms with van der Waals surface area (Å²) < 4.78 is 26.8. The molecule has 1 aromatic rings. The van der Waals surface area contributed by atoms with Crippen molar-refractivity contribution >= 4 is 33.2 Å². The van der Waals surface area contributed by atoms with Gasteiger partial charge in [-0.1, -0.05) is 15.9 Å². The highest BCUT2D eigenvalue weighted by molar-refractivity contribution is 9.10. The number of nitrogens with one attached hydrogen (secondary N) is 1. The van der Waals surface area contributed by atoms with Gasteiger partial charge < -0.3 is 10.4 Å². The molecule has 1 rings (SSSR count). The van der Waals surface area contributed by atoms with Crippen molar-refractivity contribution in [3.8, 4) is 0 Å². The molecule has 2 N–H and O–H groups in total. The van der Waals surface area contributed by atoms with Crippen LogP contribution in [-0.4, -0.2) is 23.6 Å². The Bertz CT molecular complexity index is 328. The van der Waals surface area contributed by atoms with Crippen molar-refractivity contribution < 1.29 is 13.9 Å². The van der Waals surface area contributed by atoms with Crippen LogP contribution in [0.4, 0.5) is 14.5 Å². The summed E-state index contributed by atoms with van der Waals surface area (Å²) in [5, 5.41) is 11.6. The minimum Gasteiger partial charge on any atom is -0.390 e. The second-order valence-electron chi connectivity index (χ2n) is 2.93. The molecule has 0 heterocycles. The Labute approximate surface area is 99.4 Å². The lowest BCUT2D eigenvalue weighted by Gasteiger charge is -2.11. The van der Waals surface area contributed by atoms with E-state index >= 15 is 0 Å². The smallest absolute Gasteiger partial charge is 0.150 e. The van der Waals surface area contributed by atoms with Crippen molar-refractivity contribution in [3.63, 3.8) is 0 Å². The predicted octanol–water partition coefficient (Wildman–Crippen LogP) is 2.74. The fourth-order valence-electron chi connectivity index (χ4n) is 0.986. The summed E-state index contributed by atoms with van der Waals surface area (Å²) in [6.45, 7) is -0.00102. The van der Waals surface area contributed by atoms with Crippen molar-refractivity contribution in [2.45, 2.75) is 6.10 Å². The van der Waals surface area contributed by atoms with Crippen LogP contribution in [0.3, 0.4) is 0 Å². The van der Waals surface area contributed by atoms with Crippen molar-refractivity contribution in [1.82, 2.24) is 0 Å². The average Bonchev–Trinajstić information content (AvgIpc) is 2.15. The van der Waals surface area contributed by atoms with Crippen LogP contribution in [0, 0.1) is 11.6 Å². The number of aliphatic hydroxyl groups is 1. The van der Waals surface area contributed by atoms with Gasteiger partial charge in [0.15, 0.2) is 0 Å². The summed E-state index contributed by atoms with van der Waals surface area (Å²) in [7, 11) is 0. The quantitative estimate of drug-likeness (QED) is 0.838. The van der Waals surface area contributed by atoms with Gasteiger partial charge in [0.25, 0.3) is 0 Å². The Morgan fingerprint density at radius 2 is 1.93 bits per heavy atom. The minimum absolute atomic E-state index is 0.00102. The van der Waals surface area contributed by atoms with Gasteiger partial charge in [-0.15, -0.1) is 11.6 Å². The van der Waals surface area contributed by atoms with Crippen LogP contribution in [0.1, 0.15) is 0 Å². The summed E-state index contributed by atoms with van der Waals surface area (Å²) in [5.74, 6) is -1.43. The summed E-state index contributed by atoms with van der Waals surface area (Å²) in [6.07, 6.45) is -0.839. The number of anilines is 1. The Morgan fingerprint density at radius 1 is 1.40 bits per heavy atom. The zero-order valence-electron chi connectivity index (χ0n) is 7.61. The molecule has 0 aliphatic heterocycles. The first-order valence-electron chi connectivity index (χ1n) is 4.17. The van der Waals surface area contributed by atoms with E-state index in [0.29, 0.717) is 4.47 Å². The SMILES string of the molecule is OC(CCl)CNc1c(F)cc(Br)cc1F. The van der Waals surface area contributed by atoms with Crippen LogP contribution < -0.4 is 5.32 Å². The van der Waals surface area contributed by atoms with E-state index in [1.54, 1.807) is 0 Å². The number of benzene rings is 1. The standard InChI is InChI=1S/C9H9BrClF2NO/c10-5-1-7(12)9(8(13)2-5)14-4-6(15)3-11/h1-2,6,14-15H,3-4H2. The van der Waals surface area contributed by atoms with E-state index in [0.717, 1.165) is 12.1 Å². The highest BCUT2D eigenvalue weighted by Crippen LogP contribution is 2.23. The van der Waals surface area contributed by atoms with Crippen LogP contribution in [0.5, 0.6) is 0 Å². The molecule has 0 aliphatic carbocycles. The maximum absolute atomic E-state index is 13.2. The zero-order valence-corrected chi connectivity index (χ0v) is 9.95. The van der Waals surface area contributed by atoms with Gasteiger partial charge >= 0.3 is 0 Å². The van der Waals surface area contributed by atoms with Gasteiger partial charge in [-0.2, -0.15) is 0 Å². The molecule has 0 saturated heterocycles. The number of alkyl halides is 1. The second-order valence-corrected chi connectivity index (χ2v) is 4.16. The Hall–Kier alpha value is -0.390. The molecule has 84 valence electrons. The fraction of sp³-hybridized carbons (Fsp3) is 0.333. The normalized spacial score (nSPS) is 12.6. The molecule has 0 aliphatic rings. The van der Waals surface area contributed by atoms with Gasteiger partial charge in [0.2, 0.25) is 0 Å². The third-order valence-corrected chi connectivity index (χ3v) is 2.51. The molecule has 0 fully saturated rings. The molecule has 1 atom stereocenters. The minimum atomic E-state index is -0.839. The van der Waals surface area contributed by atoms with Crippen molar-refractivity contribution in [2.75, 3.05) is 17.7 Å². The van der Waals surface area contributed by atoms with Gasteiger partial charge in [-0.3, -0.25) is 0 Å². The van der Waals surface area contributed by atoms with Crippen molar-refractivity contribution in [3.05, 3.63) is 28.2 Å². The van der Waals surface area contributed by atoms with Gasteiger partial charge in [0.1, 0.15) is 17.3 Å². The monoisotopic (exact) mass is 299 g/mol. The number of aliphatic hydroxyl groups excluding tert-OH is 1. The Kier molecular flexibility index (Phi) is 4.76. The summed E-state index contributed by atoms with van der Waals surface area (Å²) in [4.78, 5) is 0. The average molecular weight is 301 g/mol. The lowest BCUT2D eigenvalue weighted by molar-refractivity contribution is 0.211. The molecule has 15 heavy (non-hydrogen) atoms. The maximum Gasteiger partial charge on any atom is 0.150 e. The first kappa shape index (κ1) is 12.7. The van der Waals surface area contributed by atoms with Gasteiger partial charge in [0.05, 0.1) is 12.0 Å². The van der Waals surface area contributed by atoms with Crippen molar-refractivity contribution in [1.29, 1.82) is 0 Å². The lowest BCUT2D eigenvalue weighted by atomic mass is 10.2. The number of hydrogen-bond donors (Lipinski definition) is 2. The van der Waals surface area contributed by atoms with E-state index in [2.05, 4.69) is 21.2 Å². The van der Waals surface area contributed by atoms with Gasteiger partial charge in [0, 0.05) is 11.0 Å². The summed E-state index contributed by atoms with van der Waals surface area (Å²) in [5.41, 5.74) is -0.262. The third kappa shape index (κ3) is 3.59. The Morgan fingerprint density at radius 3 is 2.40 bits per heavy atom. The van der Waals surface area contributed by atoms with E-state index in [4.69, 9.17) is 16.7 Å². The van der Waals surface area contributed by atoms with Crippen LogP contribution in [-0.2, 0) is 0 Å². The van der Waals surface area contributed by atoms with Crippen LogP contribution in [0.25, 0.3) is 0 Å². The maximum atomic E-state index is 13.2. The molecular formula is C9H9BrClF2NO. The first-order chi connectivity index (χ1) is 7.04. The van der Waals surface area contributed by atoms with Gasteiger partial charge in [-0.05, 0) is 12.1 Å². The summed E-state index contributed by atoms with van der Waals surface area (Å²) in [6, 6.07) is 2.27. The topological polar surface area (TPSA) is 32.3 Å². The van der Waals surface area contributed by atoms with Crippen LogP contribution in [0.2, 0.25) is 0 Å². The molecule has 6 heteroatoms. The molecule has 0 aromatic heterocycles. The molecule has 0 bridgehead atoms. The van der Waals surface area contributed by atoms with E-state index in [9.17, 15) is 8.78 Å². The molecule has 1 aromatic carbocycles. The molecule has 0 saturated carbocycles. The highest BCUT2D eigenvalue weighted by Gasteiger charge is 2.11. The fourth-order valence-corrected chi connectivity index (χ4v) is 1.50. The molecule has 0 radical (unpaired) electrons. The molecule has 1 unspecified atom stereocenters. The Balaban J connectivity index is 2.77. The molecule has 2 nitrogen and oxygen atoms in total. The highest BCUT2D eigenvalue weighted by atomic mass is 79.9. The predicted molar refractivity (Wildman–Crippen MR) is 59.3 cm³/mol. The lowest BCUT2D eigenvalue weighted by Crippen LogP contribution is -2.21. The van der Waals surface area contributed by atoms with E-state index < -0.39 is 17.7 Å². The molecule has 0 amide bonds. The molecular weight excluding hydrogens is 291 g/mol. The number of hydrogen-bond acceptors (Lipinski definition) is 2. The zero-order chi connectivity index (χ0) is 11.4. The number of rotatable bonds is 4. The van der Waals surface area contributed by atoms with E-state index in [1.807, 2.05) is 0 Å². The third-order valence-electron chi connectivity index (χ3n) is 1.70. The first-order valence-corrected chi connectivity index (χ1v) is 5.49. The van der Waals surface area contributed by atoms with Gasteiger partial charge in [-0.25, -0.2) is 8.78 Å². The second kappa shape index (κ2) is 5.63.